The molecule has 1 aliphatic heterocycles. The summed E-state index contributed by atoms with van der Waals surface area (Å²) in [5.74, 6) is -0.424. The quantitative estimate of drug-likeness (QED) is 0.717. The Kier molecular flexibility index (Phi) is 5.96. The molecule has 4 nitrogen and oxygen atoms in total. The van der Waals surface area contributed by atoms with Gasteiger partial charge in [0, 0.05) is 5.02 Å². The molecule has 1 heterocycles. The molecule has 0 unspecified atom stereocenters. The van der Waals surface area contributed by atoms with Gasteiger partial charge in [0.25, 0.3) is 0 Å². The van der Waals surface area contributed by atoms with Crippen molar-refractivity contribution in [1.29, 1.82) is 0 Å². The molecule has 3 atom stereocenters. The van der Waals surface area contributed by atoms with Gasteiger partial charge in [-0.15, -0.1) is 0 Å². The van der Waals surface area contributed by atoms with Crippen molar-refractivity contribution in [2.75, 3.05) is 0 Å². The zero-order valence-electron chi connectivity index (χ0n) is 16.2. The molecule has 1 aliphatic rings. The summed E-state index contributed by atoms with van der Waals surface area (Å²) < 4.78 is 19.3. The molecule has 0 radical (unpaired) electrons. The normalized spacial score (nSPS) is 20.9. The van der Waals surface area contributed by atoms with Crippen molar-refractivity contribution in [3.05, 3.63) is 70.5 Å². The minimum atomic E-state index is -1.01. The number of halogens is 2. The molecule has 0 spiro atoms. The number of carbonyl (C=O) groups excluding carboxylic acids is 1. The van der Waals surface area contributed by atoms with Crippen LogP contribution in [0.5, 0.6) is 0 Å². The molecular weight excluding hydrogens is 381 g/mol. The second-order valence-electron chi connectivity index (χ2n) is 8.10. The van der Waals surface area contributed by atoms with Gasteiger partial charge in [-0.25, -0.2) is 9.18 Å². The zero-order chi connectivity index (χ0) is 20.5. The number of aliphatic hydroxyl groups is 1. The van der Waals surface area contributed by atoms with E-state index in [4.69, 9.17) is 16.3 Å². The summed E-state index contributed by atoms with van der Waals surface area (Å²) in [5, 5.41) is 11.5. The van der Waals surface area contributed by atoms with Crippen LogP contribution < -0.4 is 0 Å². The standard InChI is InChI=1S/C22H25ClFNO3/c1-22(2,3)28-21(27)25-18(14-7-9-16(23)10-8-14)11-12-19(25)20(26)15-5-4-6-17(24)13-15/h4-10,13,18-20,26H,11-12H2,1-3H3/t18-,19+,20-/m0/s1. The van der Waals surface area contributed by atoms with E-state index in [-0.39, 0.29) is 6.04 Å². The van der Waals surface area contributed by atoms with Gasteiger partial charge in [-0.05, 0) is 69.0 Å². The van der Waals surface area contributed by atoms with E-state index in [1.807, 2.05) is 12.1 Å². The molecule has 0 aliphatic carbocycles. The predicted octanol–water partition coefficient (Wildman–Crippen LogP) is 5.65. The van der Waals surface area contributed by atoms with Gasteiger partial charge in [-0.1, -0.05) is 35.9 Å². The van der Waals surface area contributed by atoms with Crippen LogP contribution in [0.15, 0.2) is 48.5 Å². The number of hydrogen-bond acceptors (Lipinski definition) is 3. The first kappa shape index (κ1) is 20.6. The largest absolute Gasteiger partial charge is 0.444 e. The summed E-state index contributed by atoms with van der Waals surface area (Å²) in [5.41, 5.74) is 0.693. The van der Waals surface area contributed by atoms with Gasteiger partial charge in [0.2, 0.25) is 0 Å². The topological polar surface area (TPSA) is 49.8 Å². The van der Waals surface area contributed by atoms with Gasteiger partial charge in [0.05, 0.1) is 18.2 Å². The molecular formula is C22H25ClFNO3. The van der Waals surface area contributed by atoms with E-state index in [0.29, 0.717) is 23.4 Å². The maximum absolute atomic E-state index is 13.6. The summed E-state index contributed by atoms with van der Waals surface area (Å²) in [6, 6.07) is 12.4. The number of hydrogen-bond donors (Lipinski definition) is 1. The number of nitrogens with zero attached hydrogens (tertiary/aromatic N) is 1. The molecule has 6 heteroatoms. The monoisotopic (exact) mass is 405 g/mol. The summed E-state index contributed by atoms with van der Waals surface area (Å²) >= 11 is 6.00. The molecule has 0 saturated carbocycles. The molecule has 1 fully saturated rings. The lowest BCUT2D eigenvalue weighted by atomic mass is 10.0. The van der Waals surface area contributed by atoms with E-state index in [0.717, 1.165) is 5.56 Å². The molecule has 0 aromatic heterocycles. The summed E-state index contributed by atoms with van der Waals surface area (Å²) in [7, 11) is 0. The fraction of sp³-hybridized carbons (Fsp3) is 0.409. The number of likely N-dealkylation sites (tertiary alicyclic amines) is 1. The number of ether oxygens (including phenoxy) is 1. The Morgan fingerprint density at radius 1 is 1.21 bits per heavy atom. The van der Waals surface area contributed by atoms with E-state index in [2.05, 4.69) is 0 Å². The first-order valence-corrected chi connectivity index (χ1v) is 9.74. The van der Waals surface area contributed by atoms with Crippen molar-refractivity contribution >= 4 is 17.7 Å². The highest BCUT2D eigenvalue weighted by Gasteiger charge is 2.43. The van der Waals surface area contributed by atoms with E-state index >= 15 is 0 Å². The van der Waals surface area contributed by atoms with Crippen LogP contribution in [0, 0.1) is 5.82 Å². The summed E-state index contributed by atoms with van der Waals surface area (Å²) in [6.07, 6.45) is -0.270. The molecule has 1 saturated heterocycles. The van der Waals surface area contributed by atoms with Crippen LogP contribution in [0.1, 0.15) is 56.9 Å². The summed E-state index contributed by atoms with van der Waals surface area (Å²) in [4.78, 5) is 14.6. The third kappa shape index (κ3) is 4.65. The van der Waals surface area contributed by atoms with E-state index in [1.54, 1.807) is 49.9 Å². The Morgan fingerprint density at radius 3 is 2.50 bits per heavy atom. The fourth-order valence-electron chi connectivity index (χ4n) is 3.65. The molecule has 3 rings (SSSR count). The highest BCUT2D eigenvalue weighted by Crippen LogP contribution is 2.42. The van der Waals surface area contributed by atoms with Crippen molar-refractivity contribution in [3.63, 3.8) is 0 Å². The van der Waals surface area contributed by atoms with Crippen LogP contribution in [-0.4, -0.2) is 27.7 Å². The lowest BCUT2D eigenvalue weighted by Gasteiger charge is -2.35. The van der Waals surface area contributed by atoms with E-state index in [1.165, 1.54) is 12.1 Å². The molecule has 2 aromatic carbocycles. The number of amides is 1. The number of benzene rings is 2. The highest BCUT2D eigenvalue weighted by atomic mass is 35.5. The fourth-order valence-corrected chi connectivity index (χ4v) is 3.78. The lowest BCUT2D eigenvalue weighted by Crippen LogP contribution is -2.43. The molecule has 1 N–H and O–H groups in total. The highest BCUT2D eigenvalue weighted by molar-refractivity contribution is 6.30. The number of carbonyl (C=O) groups is 1. The van der Waals surface area contributed by atoms with Crippen molar-refractivity contribution in [3.8, 4) is 0 Å². The average Bonchev–Trinajstić information content (AvgIpc) is 3.05. The third-order valence-corrected chi connectivity index (χ3v) is 5.09. The van der Waals surface area contributed by atoms with Gasteiger partial charge in [-0.2, -0.15) is 0 Å². The third-order valence-electron chi connectivity index (χ3n) is 4.84. The molecule has 150 valence electrons. The molecule has 28 heavy (non-hydrogen) atoms. The smallest absolute Gasteiger partial charge is 0.411 e. The minimum absolute atomic E-state index is 0.250. The van der Waals surface area contributed by atoms with Crippen LogP contribution >= 0.6 is 11.6 Å². The van der Waals surface area contributed by atoms with Crippen LogP contribution in [0.2, 0.25) is 5.02 Å². The van der Waals surface area contributed by atoms with Crippen LogP contribution in [-0.2, 0) is 4.74 Å². The van der Waals surface area contributed by atoms with Crippen molar-refractivity contribution in [2.24, 2.45) is 0 Å². The van der Waals surface area contributed by atoms with Gasteiger partial charge < -0.3 is 9.84 Å². The first-order valence-electron chi connectivity index (χ1n) is 9.36. The maximum atomic E-state index is 13.6. The zero-order valence-corrected chi connectivity index (χ0v) is 17.0. The van der Waals surface area contributed by atoms with Gasteiger partial charge >= 0.3 is 6.09 Å². The van der Waals surface area contributed by atoms with Gasteiger partial charge in [-0.3, -0.25) is 4.90 Å². The molecule has 1 amide bonds. The van der Waals surface area contributed by atoms with Crippen LogP contribution in [0.3, 0.4) is 0 Å². The number of rotatable bonds is 3. The Morgan fingerprint density at radius 2 is 1.89 bits per heavy atom. The average molecular weight is 406 g/mol. The summed E-state index contributed by atoms with van der Waals surface area (Å²) in [6.45, 7) is 5.41. The lowest BCUT2D eigenvalue weighted by molar-refractivity contribution is -0.00493. The Hall–Kier alpha value is -2.11. The maximum Gasteiger partial charge on any atom is 0.411 e. The van der Waals surface area contributed by atoms with Crippen molar-refractivity contribution < 1.29 is 19.0 Å². The first-order chi connectivity index (χ1) is 13.2. The van der Waals surface area contributed by atoms with Gasteiger partial charge in [0.15, 0.2) is 0 Å². The van der Waals surface area contributed by atoms with Gasteiger partial charge in [0.1, 0.15) is 11.4 Å². The minimum Gasteiger partial charge on any atom is -0.444 e. The van der Waals surface area contributed by atoms with Crippen LogP contribution in [0.4, 0.5) is 9.18 Å². The molecule has 0 bridgehead atoms. The van der Waals surface area contributed by atoms with E-state index in [9.17, 15) is 14.3 Å². The number of aliphatic hydroxyl groups excluding tert-OH is 1. The second kappa shape index (κ2) is 8.10. The van der Waals surface area contributed by atoms with Crippen LogP contribution in [0.25, 0.3) is 0 Å². The van der Waals surface area contributed by atoms with Crippen molar-refractivity contribution in [2.45, 2.75) is 57.4 Å². The van der Waals surface area contributed by atoms with E-state index < -0.39 is 29.7 Å². The van der Waals surface area contributed by atoms with Crippen molar-refractivity contribution in [1.82, 2.24) is 4.90 Å². The second-order valence-corrected chi connectivity index (χ2v) is 8.54. The Balaban J connectivity index is 1.94. The Bertz CT molecular complexity index is 834. The SMILES string of the molecule is CC(C)(C)OC(=O)N1[C@@H]([C@@H](O)c2cccc(F)c2)CC[C@H]1c1ccc(Cl)cc1. The molecule has 2 aromatic rings. The predicted molar refractivity (Wildman–Crippen MR) is 107 cm³/mol. The Labute approximate surface area is 169 Å².